The van der Waals surface area contributed by atoms with Crippen LogP contribution in [-0.2, 0) is 0 Å². The third-order valence-corrected chi connectivity index (χ3v) is 11.1. The summed E-state index contributed by atoms with van der Waals surface area (Å²) < 4.78 is 0. The van der Waals surface area contributed by atoms with Gasteiger partial charge >= 0.3 is 0 Å². The predicted molar refractivity (Wildman–Crippen MR) is 128 cm³/mol. The Kier molecular flexibility index (Phi) is 6.93. The summed E-state index contributed by atoms with van der Waals surface area (Å²) in [4.78, 5) is 0. The number of fused-ring (bicyclic) bond motifs is 5. The van der Waals surface area contributed by atoms with Crippen LogP contribution < -0.4 is 0 Å². The molecule has 32 heavy (non-hydrogen) atoms. The van der Waals surface area contributed by atoms with E-state index < -0.39 is 23.7 Å². The SMILES string of the molecule is CC(C)C(C)CCC(C)C1CCC2C3CC=C4CC(O)CC(O)C4(C)C3C(O)CC12CO. The van der Waals surface area contributed by atoms with Crippen LogP contribution in [0.1, 0.15) is 86.0 Å². The average Bonchev–Trinajstić information content (AvgIpc) is 3.12. The van der Waals surface area contributed by atoms with Crippen molar-refractivity contribution < 1.29 is 20.4 Å². The first-order valence-corrected chi connectivity index (χ1v) is 13.4. The average molecular weight is 449 g/mol. The van der Waals surface area contributed by atoms with Gasteiger partial charge in [-0.1, -0.05) is 59.1 Å². The van der Waals surface area contributed by atoms with Gasteiger partial charge in [-0.15, -0.1) is 0 Å². The fourth-order valence-corrected chi connectivity index (χ4v) is 8.86. The fourth-order valence-electron chi connectivity index (χ4n) is 8.86. The Morgan fingerprint density at radius 2 is 1.78 bits per heavy atom. The maximum atomic E-state index is 11.6. The molecule has 4 heteroatoms. The van der Waals surface area contributed by atoms with E-state index in [2.05, 4.69) is 40.7 Å². The first kappa shape index (κ1) is 24.7. The van der Waals surface area contributed by atoms with Gasteiger partial charge in [0.15, 0.2) is 0 Å². The quantitative estimate of drug-likeness (QED) is 0.450. The van der Waals surface area contributed by atoms with Crippen molar-refractivity contribution in [3.63, 3.8) is 0 Å². The van der Waals surface area contributed by atoms with Crippen molar-refractivity contribution in [3.8, 4) is 0 Å². The topological polar surface area (TPSA) is 80.9 Å². The molecule has 4 nitrogen and oxygen atoms in total. The second-order valence-corrected chi connectivity index (χ2v) is 12.8. The van der Waals surface area contributed by atoms with E-state index in [4.69, 9.17) is 0 Å². The third-order valence-electron chi connectivity index (χ3n) is 11.1. The van der Waals surface area contributed by atoms with Crippen molar-refractivity contribution in [1.29, 1.82) is 0 Å². The highest BCUT2D eigenvalue weighted by Crippen LogP contribution is 2.67. The lowest BCUT2D eigenvalue weighted by molar-refractivity contribution is -0.172. The molecule has 4 aliphatic carbocycles. The number of aliphatic hydroxyl groups excluding tert-OH is 4. The molecule has 0 aromatic rings. The van der Waals surface area contributed by atoms with E-state index in [-0.39, 0.29) is 17.9 Å². The highest BCUT2D eigenvalue weighted by molar-refractivity contribution is 5.29. The second kappa shape index (κ2) is 8.98. The molecular weight excluding hydrogens is 400 g/mol. The van der Waals surface area contributed by atoms with E-state index in [1.165, 1.54) is 12.8 Å². The summed E-state index contributed by atoms with van der Waals surface area (Å²) in [6, 6.07) is 0. The molecule has 0 spiro atoms. The largest absolute Gasteiger partial charge is 0.396 e. The van der Waals surface area contributed by atoms with Crippen LogP contribution in [0, 0.1) is 52.3 Å². The molecule has 3 fully saturated rings. The van der Waals surface area contributed by atoms with E-state index in [1.54, 1.807) is 0 Å². The first-order chi connectivity index (χ1) is 15.1. The highest BCUT2D eigenvalue weighted by atomic mass is 16.3. The molecule has 184 valence electrons. The molecule has 0 bridgehead atoms. The lowest BCUT2D eigenvalue weighted by atomic mass is 9.45. The molecule has 11 atom stereocenters. The minimum absolute atomic E-state index is 0.0182. The molecule has 0 aromatic carbocycles. The summed E-state index contributed by atoms with van der Waals surface area (Å²) in [5.41, 5.74) is 0.493. The zero-order chi connectivity index (χ0) is 23.4. The summed E-state index contributed by atoms with van der Waals surface area (Å²) >= 11 is 0. The lowest BCUT2D eigenvalue weighted by Crippen LogP contribution is -2.61. The van der Waals surface area contributed by atoms with Crippen LogP contribution in [0.5, 0.6) is 0 Å². The smallest absolute Gasteiger partial charge is 0.0659 e. The summed E-state index contributed by atoms with van der Waals surface area (Å²) in [5.74, 6) is 3.16. The van der Waals surface area contributed by atoms with Crippen LogP contribution in [0.15, 0.2) is 11.6 Å². The summed E-state index contributed by atoms with van der Waals surface area (Å²) in [6.07, 6.45) is 7.94. The number of hydrogen-bond donors (Lipinski definition) is 4. The lowest BCUT2D eigenvalue weighted by Gasteiger charge is -2.61. The van der Waals surface area contributed by atoms with Crippen LogP contribution in [-0.4, -0.2) is 45.3 Å². The Balaban J connectivity index is 1.60. The monoisotopic (exact) mass is 448 g/mol. The van der Waals surface area contributed by atoms with Crippen LogP contribution >= 0.6 is 0 Å². The highest BCUT2D eigenvalue weighted by Gasteiger charge is 2.65. The second-order valence-electron chi connectivity index (χ2n) is 12.8. The molecule has 0 aliphatic heterocycles. The maximum Gasteiger partial charge on any atom is 0.0659 e. The van der Waals surface area contributed by atoms with Gasteiger partial charge in [-0.2, -0.15) is 0 Å². The van der Waals surface area contributed by atoms with Gasteiger partial charge in [-0.3, -0.25) is 0 Å². The molecule has 4 rings (SSSR count). The molecule has 0 radical (unpaired) electrons. The van der Waals surface area contributed by atoms with Crippen molar-refractivity contribution in [2.45, 2.75) is 104 Å². The van der Waals surface area contributed by atoms with E-state index in [0.29, 0.717) is 54.8 Å². The molecule has 4 N–H and O–H groups in total. The maximum absolute atomic E-state index is 11.6. The zero-order valence-corrected chi connectivity index (χ0v) is 21.0. The minimum Gasteiger partial charge on any atom is -0.396 e. The molecule has 0 saturated heterocycles. The van der Waals surface area contributed by atoms with Crippen molar-refractivity contribution in [2.75, 3.05) is 6.61 Å². The van der Waals surface area contributed by atoms with Crippen molar-refractivity contribution in [3.05, 3.63) is 11.6 Å². The fraction of sp³-hybridized carbons (Fsp3) is 0.929. The van der Waals surface area contributed by atoms with Crippen LogP contribution in [0.4, 0.5) is 0 Å². The number of allylic oxidation sites excluding steroid dienone is 1. The number of aliphatic hydroxyl groups is 4. The minimum atomic E-state index is -0.616. The summed E-state index contributed by atoms with van der Waals surface area (Å²) in [5, 5.41) is 43.8. The van der Waals surface area contributed by atoms with E-state index in [0.717, 1.165) is 24.8 Å². The van der Waals surface area contributed by atoms with Gasteiger partial charge in [0.1, 0.15) is 0 Å². The molecule has 3 saturated carbocycles. The molecule has 0 amide bonds. The molecular formula is C28H48O4. The molecule has 0 heterocycles. The van der Waals surface area contributed by atoms with Crippen molar-refractivity contribution in [1.82, 2.24) is 0 Å². The predicted octanol–water partition coefficient (Wildman–Crippen LogP) is 4.55. The first-order valence-electron chi connectivity index (χ1n) is 13.4. The Hall–Kier alpha value is -0.420. The van der Waals surface area contributed by atoms with Crippen LogP contribution in [0.2, 0.25) is 0 Å². The van der Waals surface area contributed by atoms with Crippen LogP contribution in [0.25, 0.3) is 0 Å². The van der Waals surface area contributed by atoms with E-state index in [9.17, 15) is 20.4 Å². The van der Waals surface area contributed by atoms with Gasteiger partial charge in [0.25, 0.3) is 0 Å². The summed E-state index contributed by atoms with van der Waals surface area (Å²) in [6.45, 7) is 11.6. The standard InChI is InChI=1S/C28H48O4/c1-16(2)17(3)6-7-18(4)22-10-11-23-21-9-8-19-12-20(30)13-25(32)27(19,5)26(21)24(31)14-28(22,23)15-29/h8,16-18,20-26,29-32H,6-7,9-15H2,1-5H3. The zero-order valence-electron chi connectivity index (χ0n) is 21.0. The van der Waals surface area contributed by atoms with Gasteiger partial charge in [0.05, 0.1) is 18.3 Å². The Labute approximate surface area is 195 Å². The Morgan fingerprint density at radius 3 is 2.44 bits per heavy atom. The van der Waals surface area contributed by atoms with Crippen molar-refractivity contribution >= 4 is 0 Å². The van der Waals surface area contributed by atoms with Crippen LogP contribution in [0.3, 0.4) is 0 Å². The van der Waals surface area contributed by atoms with Gasteiger partial charge in [0.2, 0.25) is 0 Å². The Morgan fingerprint density at radius 1 is 1.06 bits per heavy atom. The number of hydrogen-bond acceptors (Lipinski definition) is 4. The molecule has 4 aliphatic rings. The number of rotatable bonds is 6. The normalized spacial score (nSPS) is 47.9. The van der Waals surface area contributed by atoms with Gasteiger partial charge in [-0.25, -0.2) is 0 Å². The third kappa shape index (κ3) is 3.72. The van der Waals surface area contributed by atoms with Gasteiger partial charge < -0.3 is 20.4 Å². The van der Waals surface area contributed by atoms with E-state index >= 15 is 0 Å². The molecule has 11 unspecified atom stereocenters. The Bertz CT molecular complexity index is 704. The van der Waals surface area contributed by atoms with Gasteiger partial charge in [0, 0.05) is 23.9 Å². The van der Waals surface area contributed by atoms with Gasteiger partial charge in [-0.05, 0) is 73.5 Å². The van der Waals surface area contributed by atoms with E-state index in [1.807, 2.05) is 0 Å². The molecule has 0 aromatic heterocycles. The summed E-state index contributed by atoms with van der Waals surface area (Å²) in [7, 11) is 0. The van der Waals surface area contributed by atoms with Crippen molar-refractivity contribution in [2.24, 2.45) is 52.3 Å².